The zero-order valence-corrected chi connectivity index (χ0v) is 16.8. The maximum absolute atomic E-state index is 13.5. The topological polar surface area (TPSA) is 58.6 Å². The highest BCUT2D eigenvalue weighted by molar-refractivity contribution is 6.46. The van der Waals surface area contributed by atoms with Crippen molar-refractivity contribution in [2.45, 2.75) is 6.92 Å². The number of aryl methyl sites for hydroxylation is 1. The summed E-state index contributed by atoms with van der Waals surface area (Å²) in [6, 6.07) is 15.7. The van der Waals surface area contributed by atoms with Crippen LogP contribution in [-0.2, 0) is 9.59 Å². The molecule has 0 spiro atoms. The first kappa shape index (κ1) is 20.3. The third kappa shape index (κ3) is 3.77. The van der Waals surface area contributed by atoms with Gasteiger partial charge in [-0.3, -0.25) is 9.59 Å². The Morgan fingerprint density at radius 3 is 2.06 bits per heavy atom. The van der Waals surface area contributed by atoms with Crippen LogP contribution in [0.1, 0.15) is 11.1 Å². The first-order chi connectivity index (χ1) is 14.9. The van der Waals surface area contributed by atoms with Crippen LogP contribution in [0.15, 0.2) is 72.4 Å². The van der Waals surface area contributed by atoms with Crippen molar-refractivity contribution in [3.05, 3.63) is 95.2 Å². The summed E-state index contributed by atoms with van der Waals surface area (Å²) in [7, 11) is 1.50. The molecule has 1 aliphatic heterocycles. The standard InChI is InChI=1S/C24H18F2N2O3/c1-14-3-12-20(31-2)19(13-14)27-22-21(15-4-6-16(25)7-5-15)23(29)28(24(22)30)18-10-8-17(26)9-11-18/h3-13,27H,1-2H3. The first-order valence-corrected chi connectivity index (χ1v) is 9.45. The number of nitrogens with zero attached hydrogens (tertiary/aromatic N) is 1. The highest BCUT2D eigenvalue weighted by Crippen LogP contribution is 2.36. The van der Waals surface area contributed by atoms with E-state index in [2.05, 4.69) is 5.32 Å². The van der Waals surface area contributed by atoms with Crippen LogP contribution in [0.25, 0.3) is 5.57 Å². The molecule has 0 unspecified atom stereocenters. The number of methoxy groups -OCH3 is 1. The van der Waals surface area contributed by atoms with Gasteiger partial charge >= 0.3 is 0 Å². The summed E-state index contributed by atoms with van der Waals surface area (Å²) >= 11 is 0. The van der Waals surface area contributed by atoms with Crippen LogP contribution in [0.4, 0.5) is 20.2 Å². The first-order valence-electron chi connectivity index (χ1n) is 9.45. The van der Waals surface area contributed by atoms with E-state index in [-0.39, 0.29) is 17.0 Å². The van der Waals surface area contributed by atoms with E-state index in [1.807, 2.05) is 13.0 Å². The van der Waals surface area contributed by atoms with Gasteiger partial charge in [-0.15, -0.1) is 0 Å². The van der Waals surface area contributed by atoms with Gasteiger partial charge < -0.3 is 10.1 Å². The number of amides is 2. The lowest BCUT2D eigenvalue weighted by atomic mass is 10.0. The van der Waals surface area contributed by atoms with Gasteiger partial charge in [0.2, 0.25) is 0 Å². The molecule has 2 amide bonds. The highest BCUT2D eigenvalue weighted by atomic mass is 19.1. The number of carbonyl (C=O) groups is 2. The van der Waals surface area contributed by atoms with Gasteiger partial charge in [0, 0.05) is 0 Å². The molecule has 0 aliphatic carbocycles. The summed E-state index contributed by atoms with van der Waals surface area (Å²) in [6.07, 6.45) is 0. The Morgan fingerprint density at radius 1 is 0.839 bits per heavy atom. The van der Waals surface area contributed by atoms with Crippen LogP contribution in [0.5, 0.6) is 5.75 Å². The van der Waals surface area contributed by atoms with Gasteiger partial charge in [0.05, 0.1) is 24.1 Å². The maximum Gasteiger partial charge on any atom is 0.282 e. The van der Waals surface area contributed by atoms with E-state index in [1.54, 1.807) is 12.1 Å². The molecule has 0 saturated carbocycles. The van der Waals surface area contributed by atoms with Crippen LogP contribution in [0, 0.1) is 18.6 Å². The van der Waals surface area contributed by atoms with Gasteiger partial charge in [0.1, 0.15) is 23.1 Å². The lowest BCUT2D eigenvalue weighted by molar-refractivity contribution is -0.120. The van der Waals surface area contributed by atoms with Crippen LogP contribution in [0.3, 0.4) is 0 Å². The van der Waals surface area contributed by atoms with Crippen molar-refractivity contribution in [2.75, 3.05) is 17.3 Å². The molecule has 3 aromatic rings. The number of halogens is 2. The average molecular weight is 420 g/mol. The zero-order valence-electron chi connectivity index (χ0n) is 16.8. The molecule has 5 nitrogen and oxygen atoms in total. The fraction of sp³-hybridized carbons (Fsp3) is 0.0833. The van der Waals surface area contributed by atoms with Gasteiger partial charge in [-0.2, -0.15) is 0 Å². The van der Waals surface area contributed by atoms with Crippen LogP contribution in [0.2, 0.25) is 0 Å². The monoisotopic (exact) mass is 420 g/mol. The molecule has 0 radical (unpaired) electrons. The van der Waals surface area contributed by atoms with E-state index in [0.717, 1.165) is 10.5 Å². The second-order valence-electron chi connectivity index (χ2n) is 7.01. The highest BCUT2D eigenvalue weighted by Gasteiger charge is 2.40. The summed E-state index contributed by atoms with van der Waals surface area (Å²) in [4.78, 5) is 27.6. The summed E-state index contributed by atoms with van der Waals surface area (Å²) in [5, 5.41) is 3.03. The number of ether oxygens (including phenoxy) is 1. The van der Waals surface area contributed by atoms with E-state index in [0.29, 0.717) is 17.0 Å². The lowest BCUT2D eigenvalue weighted by Gasteiger charge is -2.16. The number of nitrogens with one attached hydrogen (secondary N) is 1. The van der Waals surface area contributed by atoms with Gasteiger partial charge in [-0.1, -0.05) is 18.2 Å². The third-order valence-corrected chi connectivity index (χ3v) is 4.92. The number of rotatable bonds is 5. The largest absolute Gasteiger partial charge is 0.495 e. The Morgan fingerprint density at radius 2 is 1.45 bits per heavy atom. The quantitative estimate of drug-likeness (QED) is 0.609. The SMILES string of the molecule is COc1ccc(C)cc1NC1=C(c2ccc(F)cc2)C(=O)N(c2ccc(F)cc2)C1=O. The fourth-order valence-electron chi connectivity index (χ4n) is 3.41. The van der Waals surface area contributed by atoms with E-state index in [9.17, 15) is 18.4 Å². The summed E-state index contributed by atoms with van der Waals surface area (Å²) in [5.74, 6) is -1.68. The summed E-state index contributed by atoms with van der Waals surface area (Å²) in [5.41, 5.74) is 2.11. The molecule has 31 heavy (non-hydrogen) atoms. The second kappa shape index (κ2) is 8.02. The normalized spacial score (nSPS) is 13.7. The predicted octanol–water partition coefficient (Wildman–Crippen LogP) is 4.68. The van der Waals surface area contributed by atoms with E-state index in [4.69, 9.17) is 4.74 Å². The van der Waals surface area contributed by atoms with E-state index >= 15 is 0 Å². The van der Waals surface area contributed by atoms with Crippen LogP contribution < -0.4 is 15.0 Å². The number of imide groups is 1. The van der Waals surface area contributed by atoms with E-state index < -0.39 is 23.4 Å². The third-order valence-electron chi connectivity index (χ3n) is 4.92. The molecule has 0 saturated heterocycles. The molecule has 0 atom stereocenters. The number of carbonyl (C=O) groups excluding carboxylic acids is 2. The van der Waals surface area contributed by atoms with Crippen LogP contribution in [-0.4, -0.2) is 18.9 Å². The molecule has 1 aliphatic rings. The molecule has 7 heteroatoms. The van der Waals surface area contributed by atoms with Gasteiger partial charge in [0.25, 0.3) is 11.8 Å². The molecule has 0 aromatic heterocycles. The number of anilines is 2. The Labute approximate surface area is 177 Å². The van der Waals surface area contributed by atoms with Gasteiger partial charge in [-0.25, -0.2) is 13.7 Å². The molecule has 156 valence electrons. The minimum Gasteiger partial charge on any atom is -0.495 e. The van der Waals surface area contributed by atoms with E-state index in [1.165, 1.54) is 55.6 Å². The van der Waals surface area contributed by atoms with Crippen molar-refractivity contribution in [3.8, 4) is 5.75 Å². The average Bonchev–Trinajstić information content (AvgIpc) is 2.99. The molecule has 0 fully saturated rings. The maximum atomic E-state index is 13.5. The molecule has 3 aromatic carbocycles. The lowest BCUT2D eigenvalue weighted by Crippen LogP contribution is -2.32. The molecule has 1 heterocycles. The van der Waals surface area contributed by atoms with Gasteiger partial charge in [0.15, 0.2) is 0 Å². The van der Waals surface area contributed by atoms with Crippen LogP contribution >= 0.6 is 0 Å². The minimum absolute atomic E-state index is 0.0184. The number of benzene rings is 3. The number of hydrogen-bond acceptors (Lipinski definition) is 4. The molecule has 1 N–H and O–H groups in total. The molecule has 0 bridgehead atoms. The Kier molecular flexibility index (Phi) is 5.25. The van der Waals surface area contributed by atoms with Crippen molar-refractivity contribution < 1.29 is 23.1 Å². The molecular weight excluding hydrogens is 402 g/mol. The summed E-state index contributed by atoms with van der Waals surface area (Å²) in [6.45, 7) is 1.88. The molecule has 4 rings (SSSR count). The van der Waals surface area contributed by atoms with Crippen molar-refractivity contribution in [1.29, 1.82) is 0 Å². The van der Waals surface area contributed by atoms with Crippen molar-refractivity contribution in [1.82, 2.24) is 0 Å². The Balaban J connectivity index is 1.85. The smallest absolute Gasteiger partial charge is 0.282 e. The van der Waals surface area contributed by atoms with Gasteiger partial charge in [-0.05, 0) is 66.6 Å². The Hall–Kier alpha value is -4.00. The zero-order chi connectivity index (χ0) is 22.1. The minimum atomic E-state index is -0.612. The molecular formula is C24H18F2N2O3. The van der Waals surface area contributed by atoms with Crippen molar-refractivity contribution in [2.24, 2.45) is 0 Å². The fourth-order valence-corrected chi connectivity index (χ4v) is 3.41. The second-order valence-corrected chi connectivity index (χ2v) is 7.01. The van der Waals surface area contributed by atoms with Crippen molar-refractivity contribution in [3.63, 3.8) is 0 Å². The Bertz CT molecular complexity index is 1200. The predicted molar refractivity (Wildman–Crippen MR) is 114 cm³/mol. The number of hydrogen-bond donors (Lipinski definition) is 1. The summed E-state index contributed by atoms with van der Waals surface area (Å²) < 4.78 is 32.2. The van der Waals surface area contributed by atoms with Crippen molar-refractivity contribution >= 4 is 28.8 Å².